The first kappa shape index (κ1) is 14.5. The summed E-state index contributed by atoms with van der Waals surface area (Å²) in [6, 6.07) is 7.82. The predicted molar refractivity (Wildman–Crippen MR) is 82.3 cm³/mol. The minimum absolute atomic E-state index is 0.0845. The van der Waals surface area contributed by atoms with E-state index in [0.717, 1.165) is 16.9 Å². The van der Waals surface area contributed by atoms with Gasteiger partial charge in [-0.15, -0.1) is 11.3 Å². The average molecular weight is 287 g/mol. The van der Waals surface area contributed by atoms with E-state index in [2.05, 4.69) is 11.6 Å². The molecule has 4 heteroatoms. The molecule has 20 heavy (non-hydrogen) atoms. The molecule has 0 bridgehead atoms. The molecule has 1 heterocycles. The highest BCUT2D eigenvalue weighted by molar-refractivity contribution is 7.11. The van der Waals surface area contributed by atoms with Crippen molar-refractivity contribution in [1.29, 1.82) is 0 Å². The molecule has 0 aliphatic rings. The Bertz CT molecular complexity index is 573. The highest BCUT2D eigenvalue weighted by atomic mass is 32.1. The fourth-order valence-electron chi connectivity index (χ4n) is 1.73. The van der Waals surface area contributed by atoms with Gasteiger partial charge in [-0.2, -0.15) is 0 Å². The molecular formula is C16H17NO2S. The lowest BCUT2D eigenvalue weighted by atomic mass is 10.1. The van der Waals surface area contributed by atoms with Crippen LogP contribution in [-0.4, -0.2) is 17.4 Å². The topological polar surface area (TPSA) is 39.2 Å². The smallest absolute Gasteiger partial charge is 0.191 e. The lowest BCUT2D eigenvalue weighted by Gasteiger charge is -2.06. The Balaban J connectivity index is 1.73. The van der Waals surface area contributed by atoms with Crippen LogP contribution >= 0.6 is 11.3 Å². The summed E-state index contributed by atoms with van der Waals surface area (Å²) in [4.78, 5) is 15.7. The van der Waals surface area contributed by atoms with Gasteiger partial charge >= 0.3 is 0 Å². The van der Waals surface area contributed by atoms with Crippen LogP contribution in [0.1, 0.15) is 35.1 Å². The number of rotatable bonds is 7. The van der Waals surface area contributed by atoms with Crippen LogP contribution in [0.15, 0.2) is 42.4 Å². The van der Waals surface area contributed by atoms with Gasteiger partial charge in [0, 0.05) is 18.0 Å². The molecule has 0 spiro atoms. The van der Waals surface area contributed by atoms with Crippen molar-refractivity contribution in [3.05, 3.63) is 53.0 Å². The van der Waals surface area contributed by atoms with Gasteiger partial charge in [-0.3, -0.25) is 4.79 Å². The van der Waals surface area contributed by atoms with E-state index >= 15 is 0 Å². The van der Waals surface area contributed by atoms with Gasteiger partial charge in [0.1, 0.15) is 5.75 Å². The first-order valence-electron chi connectivity index (χ1n) is 6.48. The standard InChI is InChI=1S/C16H17NO2S/c1-12(2)13-5-7-14(8-6-13)19-10-3-4-15(18)16-17-9-11-20-16/h5-9,11H,1,3-4,10H2,2H3. The number of Topliss-reactive ketones (excluding diaryl/α,β-unsaturated/α-hetero) is 1. The predicted octanol–water partition coefficient (Wildman–Crippen LogP) is 4.22. The molecular weight excluding hydrogens is 270 g/mol. The number of allylic oxidation sites excluding steroid dienone is 1. The Morgan fingerprint density at radius 3 is 2.70 bits per heavy atom. The summed E-state index contributed by atoms with van der Waals surface area (Å²) >= 11 is 1.38. The molecule has 2 rings (SSSR count). The number of hydrogen-bond donors (Lipinski definition) is 0. The maximum absolute atomic E-state index is 11.7. The van der Waals surface area contributed by atoms with E-state index in [1.54, 1.807) is 6.20 Å². The number of benzene rings is 1. The Morgan fingerprint density at radius 1 is 1.35 bits per heavy atom. The van der Waals surface area contributed by atoms with Crippen molar-refractivity contribution in [2.24, 2.45) is 0 Å². The van der Waals surface area contributed by atoms with Crippen LogP contribution in [0.5, 0.6) is 5.75 Å². The van der Waals surface area contributed by atoms with Crippen LogP contribution in [-0.2, 0) is 0 Å². The van der Waals surface area contributed by atoms with E-state index in [4.69, 9.17) is 4.74 Å². The maximum Gasteiger partial charge on any atom is 0.191 e. The number of carbonyl (C=O) groups excluding carboxylic acids is 1. The highest BCUT2D eigenvalue weighted by Gasteiger charge is 2.07. The summed E-state index contributed by atoms with van der Waals surface area (Å²) in [7, 11) is 0. The monoisotopic (exact) mass is 287 g/mol. The molecule has 0 radical (unpaired) electrons. The summed E-state index contributed by atoms with van der Waals surface area (Å²) in [5.74, 6) is 0.901. The van der Waals surface area contributed by atoms with E-state index in [-0.39, 0.29) is 5.78 Å². The van der Waals surface area contributed by atoms with Gasteiger partial charge in [0.2, 0.25) is 0 Å². The second-order valence-corrected chi connectivity index (χ2v) is 5.41. The molecule has 0 saturated heterocycles. The minimum Gasteiger partial charge on any atom is -0.494 e. The van der Waals surface area contributed by atoms with Crippen LogP contribution < -0.4 is 4.74 Å². The van der Waals surface area contributed by atoms with E-state index in [0.29, 0.717) is 24.5 Å². The third-order valence-electron chi connectivity index (χ3n) is 2.83. The molecule has 3 nitrogen and oxygen atoms in total. The summed E-state index contributed by atoms with van der Waals surface area (Å²) in [5, 5.41) is 2.39. The van der Waals surface area contributed by atoms with Gasteiger partial charge in [0.15, 0.2) is 10.8 Å². The Hall–Kier alpha value is -1.94. The number of hydrogen-bond acceptors (Lipinski definition) is 4. The number of nitrogens with zero attached hydrogens (tertiary/aromatic N) is 1. The van der Waals surface area contributed by atoms with E-state index in [1.165, 1.54) is 11.3 Å². The van der Waals surface area contributed by atoms with Crippen LogP contribution in [0.25, 0.3) is 5.57 Å². The summed E-state index contributed by atoms with van der Waals surface area (Å²) in [5.41, 5.74) is 2.14. The van der Waals surface area contributed by atoms with Crippen molar-refractivity contribution in [2.45, 2.75) is 19.8 Å². The van der Waals surface area contributed by atoms with Crippen molar-refractivity contribution in [3.8, 4) is 5.75 Å². The van der Waals surface area contributed by atoms with E-state index in [9.17, 15) is 4.79 Å². The summed E-state index contributed by atoms with van der Waals surface area (Å²) < 4.78 is 5.61. The first-order chi connectivity index (χ1) is 9.66. The molecule has 0 aliphatic carbocycles. The van der Waals surface area contributed by atoms with E-state index < -0.39 is 0 Å². The second kappa shape index (κ2) is 7.01. The molecule has 2 aromatic rings. The van der Waals surface area contributed by atoms with Crippen molar-refractivity contribution in [3.63, 3.8) is 0 Å². The number of carbonyl (C=O) groups is 1. The zero-order valence-corrected chi connectivity index (χ0v) is 12.3. The number of ether oxygens (including phenoxy) is 1. The fourth-order valence-corrected chi connectivity index (χ4v) is 2.33. The van der Waals surface area contributed by atoms with Crippen LogP contribution in [0.4, 0.5) is 0 Å². The average Bonchev–Trinajstić information content (AvgIpc) is 2.98. The second-order valence-electron chi connectivity index (χ2n) is 4.52. The molecule has 0 aliphatic heterocycles. The maximum atomic E-state index is 11.7. The lowest BCUT2D eigenvalue weighted by Crippen LogP contribution is -2.03. The number of aromatic nitrogens is 1. The molecule has 0 amide bonds. The molecule has 0 saturated carbocycles. The van der Waals surface area contributed by atoms with Crippen LogP contribution in [0.2, 0.25) is 0 Å². The SMILES string of the molecule is C=C(C)c1ccc(OCCCC(=O)c2nccs2)cc1. The summed E-state index contributed by atoms with van der Waals surface area (Å²) in [6.07, 6.45) is 2.82. The van der Waals surface area contributed by atoms with E-state index in [1.807, 2.05) is 36.6 Å². The Labute approximate surface area is 122 Å². The van der Waals surface area contributed by atoms with Gasteiger partial charge in [0.25, 0.3) is 0 Å². The zero-order valence-electron chi connectivity index (χ0n) is 11.5. The van der Waals surface area contributed by atoms with Gasteiger partial charge in [-0.1, -0.05) is 24.3 Å². The molecule has 0 atom stereocenters. The normalized spacial score (nSPS) is 10.2. The molecule has 1 aromatic carbocycles. The van der Waals surface area contributed by atoms with Crippen molar-refractivity contribution >= 4 is 22.7 Å². The van der Waals surface area contributed by atoms with Gasteiger partial charge in [-0.05, 0) is 31.0 Å². The van der Waals surface area contributed by atoms with Gasteiger partial charge in [0.05, 0.1) is 6.61 Å². The van der Waals surface area contributed by atoms with Crippen LogP contribution in [0.3, 0.4) is 0 Å². The number of thiazole rings is 1. The Kier molecular flexibility index (Phi) is 5.07. The molecule has 1 aromatic heterocycles. The Morgan fingerprint density at radius 2 is 2.10 bits per heavy atom. The van der Waals surface area contributed by atoms with Crippen molar-refractivity contribution < 1.29 is 9.53 Å². The van der Waals surface area contributed by atoms with Gasteiger partial charge < -0.3 is 4.74 Å². The molecule has 0 fully saturated rings. The van der Waals surface area contributed by atoms with Crippen LogP contribution in [0, 0.1) is 0 Å². The fraction of sp³-hybridized carbons (Fsp3) is 0.250. The molecule has 0 unspecified atom stereocenters. The number of ketones is 1. The highest BCUT2D eigenvalue weighted by Crippen LogP contribution is 2.17. The summed E-state index contributed by atoms with van der Waals surface area (Å²) in [6.45, 7) is 6.39. The third-order valence-corrected chi connectivity index (χ3v) is 3.65. The van der Waals surface area contributed by atoms with Crippen molar-refractivity contribution in [1.82, 2.24) is 4.98 Å². The van der Waals surface area contributed by atoms with Gasteiger partial charge in [-0.25, -0.2) is 4.98 Å². The third kappa shape index (κ3) is 4.03. The zero-order chi connectivity index (χ0) is 14.4. The lowest BCUT2D eigenvalue weighted by molar-refractivity contribution is 0.0973. The molecule has 104 valence electrons. The quantitative estimate of drug-likeness (QED) is 0.565. The molecule has 0 N–H and O–H groups in total. The first-order valence-corrected chi connectivity index (χ1v) is 7.36. The minimum atomic E-state index is 0.0845. The van der Waals surface area contributed by atoms with Crippen molar-refractivity contribution in [2.75, 3.05) is 6.61 Å². The largest absolute Gasteiger partial charge is 0.494 e.